The fourth-order valence-corrected chi connectivity index (χ4v) is 2.31. The molecule has 1 atom stereocenters. The summed E-state index contributed by atoms with van der Waals surface area (Å²) >= 11 is 3.18. The van der Waals surface area contributed by atoms with Crippen LogP contribution in [0.1, 0.15) is 23.0 Å². The summed E-state index contributed by atoms with van der Waals surface area (Å²) in [5.41, 5.74) is 0.0220. The first-order valence-electron chi connectivity index (χ1n) is 5.85. The average Bonchev–Trinajstić information content (AvgIpc) is 2.81. The summed E-state index contributed by atoms with van der Waals surface area (Å²) in [7, 11) is 0. The van der Waals surface area contributed by atoms with Crippen molar-refractivity contribution in [2.45, 2.75) is 19.4 Å². The van der Waals surface area contributed by atoms with Crippen LogP contribution in [-0.2, 0) is 6.42 Å². The molecule has 0 aliphatic carbocycles. The lowest BCUT2D eigenvalue weighted by molar-refractivity contribution is 0.0934. The van der Waals surface area contributed by atoms with Crippen molar-refractivity contribution in [3.63, 3.8) is 0 Å². The van der Waals surface area contributed by atoms with E-state index in [0.717, 1.165) is 5.76 Å². The molecule has 1 heterocycles. The van der Waals surface area contributed by atoms with Crippen LogP contribution in [0.2, 0.25) is 0 Å². The van der Waals surface area contributed by atoms with E-state index in [4.69, 9.17) is 4.42 Å². The number of nitrogens with one attached hydrogen (secondary N) is 1. The van der Waals surface area contributed by atoms with Crippen LogP contribution in [0, 0.1) is 5.82 Å². The van der Waals surface area contributed by atoms with E-state index < -0.39 is 11.7 Å². The van der Waals surface area contributed by atoms with Gasteiger partial charge < -0.3 is 9.73 Å². The zero-order valence-corrected chi connectivity index (χ0v) is 11.9. The fourth-order valence-electron chi connectivity index (χ4n) is 1.79. The van der Waals surface area contributed by atoms with Crippen LogP contribution in [0.25, 0.3) is 0 Å². The zero-order valence-electron chi connectivity index (χ0n) is 10.3. The predicted molar refractivity (Wildman–Crippen MR) is 73.4 cm³/mol. The monoisotopic (exact) mass is 325 g/mol. The molecule has 0 bridgehead atoms. The third-order valence-corrected chi connectivity index (χ3v) is 3.32. The highest BCUT2D eigenvalue weighted by molar-refractivity contribution is 9.10. The number of hydrogen-bond acceptors (Lipinski definition) is 2. The second-order valence-corrected chi connectivity index (χ2v) is 5.11. The van der Waals surface area contributed by atoms with Crippen molar-refractivity contribution in [3.8, 4) is 0 Å². The highest BCUT2D eigenvalue weighted by Crippen LogP contribution is 2.19. The second kappa shape index (κ2) is 6.02. The van der Waals surface area contributed by atoms with Gasteiger partial charge in [-0.3, -0.25) is 4.79 Å². The van der Waals surface area contributed by atoms with E-state index in [9.17, 15) is 9.18 Å². The van der Waals surface area contributed by atoms with E-state index in [1.165, 1.54) is 6.07 Å². The summed E-state index contributed by atoms with van der Waals surface area (Å²) in [5.74, 6) is -0.207. The summed E-state index contributed by atoms with van der Waals surface area (Å²) in [5, 5.41) is 2.75. The van der Waals surface area contributed by atoms with Crippen LogP contribution in [0.4, 0.5) is 4.39 Å². The van der Waals surface area contributed by atoms with Gasteiger partial charge >= 0.3 is 0 Å². The Morgan fingerprint density at radius 3 is 2.84 bits per heavy atom. The lowest BCUT2D eigenvalue weighted by Gasteiger charge is -2.13. The van der Waals surface area contributed by atoms with Crippen LogP contribution in [0.15, 0.2) is 45.5 Å². The molecule has 100 valence electrons. The molecule has 1 N–H and O–H groups in total. The average molecular weight is 326 g/mol. The van der Waals surface area contributed by atoms with Gasteiger partial charge in [-0.2, -0.15) is 0 Å². The first kappa shape index (κ1) is 13.8. The third-order valence-electron chi connectivity index (χ3n) is 2.65. The number of benzene rings is 1. The minimum absolute atomic E-state index is 0.0220. The van der Waals surface area contributed by atoms with Crippen molar-refractivity contribution < 1.29 is 13.6 Å². The van der Waals surface area contributed by atoms with Crippen LogP contribution < -0.4 is 5.32 Å². The first-order chi connectivity index (χ1) is 9.08. The van der Waals surface area contributed by atoms with Gasteiger partial charge in [0.25, 0.3) is 5.91 Å². The highest BCUT2D eigenvalue weighted by atomic mass is 79.9. The van der Waals surface area contributed by atoms with Gasteiger partial charge in [0.05, 0.1) is 11.8 Å². The lowest BCUT2D eigenvalue weighted by atomic mass is 10.1. The van der Waals surface area contributed by atoms with Gasteiger partial charge in [-0.25, -0.2) is 4.39 Å². The molecule has 2 rings (SSSR count). The molecule has 2 aromatic rings. The van der Waals surface area contributed by atoms with Gasteiger partial charge in [-0.1, -0.05) is 6.07 Å². The summed E-state index contributed by atoms with van der Waals surface area (Å²) in [4.78, 5) is 12.0. The maximum absolute atomic E-state index is 13.6. The molecule has 0 spiro atoms. The Balaban J connectivity index is 2.04. The number of amides is 1. The third kappa shape index (κ3) is 3.44. The Labute approximate surface area is 118 Å². The van der Waals surface area contributed by atoms with Gasteiger partial charge in [-0.05, 0) is 47.1 Å². The number of furan rings is 1. The predicted octanol–water partition coefficient (Wildman–Crippen LogP) is 3.54. The molecule has 0 saturated heterocycles. The van der Waals surface area contributed by atoms with Crippen LogP contribution in [-0.4, -0.2) is 11.9 Å². The SMILES string of the molecule is CC(Cc1ccco1)NC(=O)c1c(F)cccc1Br. The van der Waals surface area contributed by atoms with E-state index in [2.05, 4.69) is 21.2 Å². The molecule has 5 heteroatoms. The second-order valence-electron chi connectivity index (χ2n) is 4.25. The first-order valence-corrected chi connectivity index (χ1v) is 6.64. The van der Waals surface area contributed by atoms with Gasteiger partial charge in [0.15, 0.2) is 0 Å². The molecule has 19 heavy (non-hydrogen) atoms. The smallest absolute Gasteiger partial charge is 0.255 e. The summed E-state index contributed by atoms with van der Waals surface area (Å²) in [6, 6.07) is 7.92. The molecule has 1 aromatic carbocycles. The highest BCUT2D eigenvalue weighted by Gasteiger charge is 2.17. The van der Waals surface area contributed by atoms with Crippen LogP contribution in [0.5, 0.6) is 0 Å². The largest absolute Gasteiger partial charge is 0.469 e. The Hall–Kier alpha value is -1.62. The minimum atomic E-state index is -0.544. The maximum atomic E-state index is 13.6. The molecule has 0 saturated carbocycles. The van der Waals surface area contributed by atoms with E-state index in [1.54, 1.807) is 24.5 Å². The topological polar surface area (TPSA) is 42.2 Å². The van der Waals surface area contributed by atoms with Crippen LogP contribution >= 0.6 is 15.9 Å². The van der Waals surface area contributed by atoms with Gasteiger partial charge in [0, 0.05) is 16.9 Å². The van der Waals surface area contributed by atoms with E-state index in [0.29, 0.717) is 10.9 Å². The summed E-state index contributed by atoms with van der Waals surface area (Å²) < 4.78 is 19.3. The van der Waals surface area contributed by atoms with E-state index in [-0.39, 0.29) is 11.6 Å². The summed E-state index contributed by atoms with van der Waals surface area (Å²) in [6.45, 7) is 1.84. The molecule has 0 fully saturated rings. The zero-order chi connectivity index (χ0) is 13.8. The standard InChI is InChI=1S/C14H13BrFNO2/c1-9(8-10-4-3-7-19-10)17-14(18)13-11(15)5-2-6-12(13)16/h2-7,9H,8H2,1H3,(H,17,18). The molecule has 0 radical (unpaired) electrons. The molecule has 0 aliphatic rings. The number of carbonyl (C=O) groups excluding carboxylic acids is 1. The number of halogens is 2. The van der Waals surface area contributed by atoms with Gasteiger partial charge in [-0.15, -0.1) is 0 Å². The van der Waals surface area contributed by atoms with Crippen molar-refractivity contribution >= 4 is 21.8 Å². The Morgan fingerprint density at radius 1 is 1.42 bits per heavy atom. The molecule has 0 aliphatic heterocycles. The number of hydrogen-bond donors (Lipinski definition) is 1. The van der Waals surface area contributed by atoms with Crippen molar-refractivity contribution in [3.05, 3.63) is 58.2 Å². The molecule has 1 unspecified atom stereocenters. The van der Waals surface area contributed by atoms with Crippen LogP contribution in [0.3, 0.4) is 0 Å². The number of carbonyl (C=O) groups is 1. The molecular formula is C14H13BrFNO2. The molecule has 1 aromatic heterocycles. The maximum Gasteiger partial charge on any atom is 0.255 e. The Morgan fingerprint density at radius 2 is 2.21 bits per heavy atom. The van der Waals surface area contributed by atoms with Crippen molar-refractivity contribution in [1.82, 2.24) is 5.32 Å². The van der Waals surface area contributed by atoms with E-state index >= 15 is 0 Å². The van der Waals surface area contributed by atoms with Gasteiger partial charge in [0.2, 0.25) is 0 Å². The van der Waals surface area contributed by atoms with Crippen molar-refractivity contribution in [2.24, 2.45) is 0 Å². The minimum Gasteiger partial charge on any atom is -0.469 e. The normalized spacial score (nSPS) is 12.2. The molecule has 1 amide bonds. The molecule has 3 nitrogen and oxygen atoms in total. The Bertz CT molecular complexity index is 549. The van der Waals surface area contributed by atoms with Gasteiger partial charge in [0.1, 0.15) is 11.6 Å². The van der Waals surface area contributed by atoms with Crippen molar-refractivity contribution in [2.75, 3.05) is 0 Å². The summed E-state index contributed by atoms with van der Waals surface area (Å²) in [6.07, 6.45) is 2.14. The molecular weight excluding hydrogens is 313 g/mol. The van der Waals surface area contributed by atoms with Crippen molar-refractivity contribution in [1.29, 1.82) is 0 Å². The Kier molecular flexibility index (Phi) is 4.37. The quantitative estimate of drug-likeness (QED) is 0.934. The fraction of sp³-hybridized carbons (Fsp3) is 0.214. The van der Waals surface area contributed by atoms with E-state index in [1.807, 2.05) is 13.0 Å². The number of rotatable bonds is 4. The lowest BCUT2D eigenvalue weighted by Crippen LogP contribution is -2.34.